The average molecular weight is 178 g/mol. The van der Waals surface area contributed by atoms with Gasteiger partial charge in [0.25, 0.3) is 0 Å². The van der Waals surface area contributed by atoms with E-state index < -0.39 is 12.2 Å². The summed E-state index contributed by atoms with van der Waals surface area (Å²) in [5.41, 5.74) is 5.47. The molecule has 0 aliphatic rings. The number of nitrogens with two attached hydrogens (primary N) is 1. The summed E-state index contributed by atoms with van der Waals surface area (Å²) in [6, 6.07) is -0.195. The Balaban J connectivity index is 2.53. The number of hydrogen-bond donors (Lipinski definition) is 2. The lowest BCUT2D eigenvalue weighted by atomic mass is 10.1. The molecule has 0 aromatic carbocycles. The topological polar surface area (TPSA) is 41.8 Å². The Hall–Kier alpha value is -0.970. The molecule has 0 fully saturated rings. The van der Waals surface area contributed by atoms with Crippen LogP contribution in [0.15, 0.2) is 18.5 Å². The van der Waals surface area contributed by atoms with Crippen LogP contribution in [0.5, 0.6) is 0 Å². The van der Waals surface area contributed by atoms with Crippen LogP contribution in [0.2, 0.25) is 0 Å². The molecule has 0 spiro atoms. The highest BCUT2D eigenvalue weighted by Crippen LogP contribution is 2.20. The van der Waals surface area contributed by atoms with Crippen molar-refractivity contribution in [1.29, 1.82) is 0 Å². The Morgan fingerprint density at radius 1 is 1.50 bits per heavy atom. The van der Waals surface area contributed by atoms with E-state index in [1.807, 2.05) is 0 Å². The Kier molecular flexibility index (Phi) is 2.42. The molecule has 0 saturated carbocycles. The molecule has 3 N–H and O–H groups in total. The van der Waals surface area contributed by atoms with Crippen molar-refractivity contribution in [1.82, 2.24) is 4.98 Å². The van der Waals surface area contributed by atoms with Crippen LogP contribution in [0.3, 0.4) is 0 Å². The maximum absolute atomic E-state index is 11.9. The predicted molar refractivity (Wildman–Crippen MR) is 38.5 cm³/mol. The minimum Gasteiger partial charge on any atom is -0.367 e. The summed E-state index contributed by atoms with van der Waals surface area (Å²) in [6.45, 7) is 0. The first-order valence-corrected chi connectivity index (χ1v) is 3.44. The van der Waals surface area contributed by atoms with Crippen molar-refractivity contribution in [3.8, 4) is 0 Å². The Morgan fingerprint density at radius 3 is 2.58 bits per heavy atom. The van der Waals surface area contributed by atoms with Crippen molar-refractivity contribution < 1.29 is 13.2 Å². The Bertz CT molecular complexity index is 227. The van der Waals surface area contributed by atoms with Crippen molar-refractivity contribution in [2.75, 3.05) is 0 Å². The third-order valence-corrected chi connectivity index (χ3v) is 1.54. The summed E-state index contributed by atoms with van der Waals surface area (Å²) in [7, 11) is 0. The van der Waals surface area contributed by atoms with Crippen LogP contribution >= 0.6 is 0 Å². The molecule has 1 heterocycles. The van der Waals surface area contributed by atoms with E-state index in [0.717, 1.165) is 0 Å². The van der Waals surface area contributed by atoms with Crippen LogP contribution in [0.1, 0.15) is 5.56 Å². The molecule has 1 rings (SSSR count). The van der Waals surface area contributed by atoms with Crippen molar-refractivity contribution in [3.05, 3.63) is 24.0 Å². The smallest absolute Gasteiger partial charge is 0.367 e. The van der Waals surface area contributed by atoms with Gasteiger partial charge in [0.05, 0.1) is 0 Å². The molecule has 1 atom stereocenters. The number of alkyl halides is 3. The van der Waals surface area contributed by atoms with Gasteiger partial charge in [-0.3, -0.25) is 0 Å². The second-order valence-corrected chi connectivity index (χ2v) is 2.57. The van der Waals surface area contributed by atoms with Gasteiger partial charge in [0.1, 0.15) is 6.04 Å². The monoisotopic (exact) mass is 178 g/mol. The molecule has 12 heavy (non-hydrogen) atoms. The molecule has 1 unspecified atom stereocenters. The zero-order valence-electron chi connectivity index (χ0n) is 6.23. The van der Waals surface area contributed by atoms with Gasteiger partial charge in [-0.1, -0.05) is 0 Å². The third kappa shape index (κ3) is 2.27. The molecular weight excluding hydrogens is 169 g/mol. The molecule has 0 aliphatic heterocycles. The number of H-pyrrole nitrogens is 1. The van der Waals surface area contributed by atoms with E-state index in [-0.39, 0.29) is 6.42 Å². The second kappa shape index (κ2) is 3.18. The fourth-order valence-corrected chi connectivity index (χ4v) is 0.855. The first-order chi connectivity index (χ1) is 5.50. The summed E-state index contributed by atoms with van der Waals surface area (Å²) in [6.07, 6.45) is -1.41. The van der Waals surface area contributed by atoms with Crippen molar-refractivity contribution in [2.45, 2.75) is 18.6 Å². The summed E-state index contributed by atoms with van der Waals surface area (Å²) < 4.78 is 35.7. The summed E-state index contributed by atoms with van der Waals surface area (Å²) in [5.74, 6) is 0. The highest BCUT2D eigenvalue weighted by atomic mass is 19.4. The van der Waals surface area contributed by atoms with Gasteiger partial charge in [0, 0.05) is 12.4 Å². The summed E-state index contributed by atoms with van der Waals surface area (Å²) >= 11 is 0. The predicted octanol–water partition coefficient (Wildman–Crippen LogP) is 1.45. The molecule has 0 radical (unpaired) electrons. The summed E-state index contributed by atoms with van der Waals surface area (Å²) in [5, 5.41) is 0. The summed E-state index contributed by atoms with van der Waals surface area (Å²) in [4.78, 5) is 2.66. The van der Waals surface area contributed by atoms with E-state index >= 15 is 0 Å². The first kappa shape index (κ1) is 9.12. The third-order valence-electron chi connectivity index (χ3n) is 1.54. The molecule has 0 amide bonds. The number of nitrogens with one attached hydrogen (secondary N) is 1. The van der Waals surface area contributed by atoms with Gasteiger partial charge >= 0.3 is 6.18 Å². The second-order valence-electron chi connectivity index (χ2n) is 2.57. The van der Waals surface area contributed by atoms with Gasteiger partial charge < -0.3 is 10.7 Å². The number of hydrogen-bond acceptors (Lipinski definition) is 1. The van der Waals surface area contributed by atoms with Gasteiger partial charge in [0.2, 0.25) is 0 Å². The maximum Gasteiger partial charge on any atom is 0.403 e. The molecule has 1 aromatic heterocycles. The average Bonchev–Trinajstić information content (AvgIpc) is 2.37. The number of rotatable bonds is 2. The fourth-order valence-electron chi connectivity index (χ4n) is 0.855. The van der Waals surface area contributed by atoms with E-state index in [1.165, 1.54) is 6.20 Å². The van der Waals surface area contributed by atoms with Gasteiger partial charge in [-0.25, -0.2) is 0 Å². The number of halogens is 3. The molecular formula is C7H9F3N2. The van der Waals surface area contributed by atoms with Crippen LogP contribution in [-0.2, 0) is 6.42 Å². The normalized spacial score (nSPS) is 14.7. The molecule has 0 saturated heterocycles. The largest absolute Gasteiger partial charge is 0.403 e. The Morgan fingerprint density at radius 2 is 2.17 bits per heavy atom. The highest BCUT2D eigenvalue weighted by molar-refractivity contribution is 5.10. The molecule has 2 nitrogen and oxygen atoms in total. The SMILES string of the molecule is NC(Cc1cc[nH]c1)C(F)(F)F. The molecule has 68 valence electrons. The quantitative estimate of drug-likeness (QED) is 0.707. The zero-order valence-corrected chi connectivity index (χ0v) is 6.23. The minimum absolute atomic E-state index is 0.174. The van der Waals surface area contributed by atoms with Gasteiger partial charge in [-0.05, 0) is 18.1 Å². The van der Waals surface area contributed by atoms with E-state index in [0.29, 0.717) is 5.56 Å². The van der Waals surface area contributed by atoms with Crippen LogP contribution < -0.4 is 5.73 Å². The minimum atomic E-state index is -4.31. The van der Waals surface area contributed by atoms with Gasteiger partial charge in [-0.15, -0.1) is 0 Å². The van der Waals surface area contributed by atoms with Crippen LogP contribution in [0.4, 0.5) is 13.2 Å². The highest BCUT2D eigenvalue weighted by Gasteiger charge is 2.36. The standard InChI is InChI=1S/C7H9F3N2/c8-7(9,10)6(11)3-5-1-2-12-4-5/h1-2,4,6,12H,3,11H2. The number of aromatic nitrogens is 1. The van der Waals surface area contributed by atoms with Gasteiger partial charge in [-0.2, -0.15) is 13.2 Å². The van der Waals surface area contributed by atoms with Crippen molar-refractivity contribution in [3.63, 3.8) is 0 Å². The van der Waals surface area contributed by atoms with Crippen LogP contribution in [0.25, 0.3) is 0 Å². The molecule has 1 aromatic rings. The molecule has 5 heteroatoms. The van der Waals surface area contributed by atoms with E-state index in [4.69, 9.17) is 5.73 Å². The van der Waals surface area contributed by atoms with Gasteiger partial charge in [0.15, 0.2) is 0 Å². The van der Waals surface area contributed by atoms with E-state index in [1.54, 1.807) is 12.3 Å². The van der Waals surface area contributed by atoms with E-state index in [2.05, 4.69) is 4.98 Å². The van der Waals surface area contributed by atoms with Crippen molar-refractivity contribution >= 4 is 0 Å². The number of aromatic amines is 1. The molecule has 0 aliphatic carbocycles. The Labute approximate surface area is 67.6 Å². The van der Waals surface area contributed by atoms with Crippen LogP contribution in [-0.4, -0.2) is 17.2 Å². The van der Waals surface area contributed by atoms with E-state index in [9.17, 15) is 13.2 Å². The molecule has 0 bridgehead atoms. The lowest BCUT2D eigenvalue weighted by Crippen LogP contribution is -2.38. The van der Waals surface area contributed by atoms with Crippen molar-refractivity contribution in [2.24, 2.45) is 5.73 Å². The zero-order chi connectivity index (χ0) is 9.19. The lowest BCUT2D eigenvalue weighted by molar-refractivity contribution is -0.147. The maximum atomic E-state index is 11.9. The fraction of sp³-hybridized carbons (Fsp3) is 0.429. The lowest BCUT2D eigenvalue weighted by Gasteiger charge is -2.13. The van der Waals surface area contributed by atoms with Crippen LogP contribution in [0, 0.1) is 0 Å². The first-order valence-electron chi connectivity index (χ1n) is 3.44.